The molecule has 0 saturated heterocycles. The Labute approximate surface area is 101 Å². The van der Waals surface area contributed by atoms with Gasteiger partial charge >= 0.3 is 5.97 Å². The number of aryl methyl sites for hydroxylation is 1. The van der Waals surface area contributed by atoms with E-state index in [0.29, 0.717) is 5.69 Å². The van der Waals surface area contributed by atoms with Gasteiger partial charge in [-0.25, -0.2) is 9.78 Å². The number of nitro groups is 1. The Morgan fingerprint density at radius 1 is 1.50 bits per heavy atom. The predicted octanol–water partition coefficient (Wildman–Crippen LogP) is 1.79. The van der Waals surface area contributed by atoms with Crippen molar-refractivity contribution < 1.29 is 14.8 Å². The number of aromatic nitrogens is 2. The van der Waals surface area contributed by atoms with Crippen LogP contribution in [0.1, 0.15) is 16.1 Å². The normalized spacial score (nSPS) is 10.3. The van der Waals surface area contributed by atoms with Crippen LogP contribution in [0.5, 0.6) is 0 Å². The summed E-state index contributed by atoms with van der Waals surface area (Å²) in [7, 11) is 0. The minimum absolute atomic E-state index is 0.342. The fraction of sp³-hybridized carbons (Fsp3) is 0.0909. The average molecular weight is 247 g/mol. The van der Waals surface area contributed by atoms with Gasteiger partial charge in [0.1, 0.15) is 5.56 Å². The van der Waals surface area contributed by atoms with Crippen molar-refractivity contribution in [2.24, 2.45) is 0 Å². The highest BCUT2D eigenvalue weighted by atomic mass is 16.6. The lowest BCUT2D eigenvalue weighted by Crippen LogP contribution is -2.05. The van der Waals surface area contributed by atoms with Gasteiger partial charge in [0.05, 0.1) is 11.3 Å². The summed E-state index contributed by atoms with van der Waals surface area (Å²) in [6, 6.07) is 3.92. The van der Waals surface area contributed by atoms with Crippen molar-refractivity contribution in [3.05, 3.63) is 52.1 Å². The molecular formula is C11H9N3O4. The number of carboxylic acid groups (broad SMARTS) is 1. The summed E-state index contributed by atoms with van der Waals surface area (Å²) in [6.45, 7) is 1.80. The molecule has 0 fully saturated rings. The lowest BCUT2D eigenvalue weighted by Gasteiger charge is -2.06. The molecule has 1 aromatic heterocycles. The first-order chi connectivity index (χ1) is 8.50. The van der Waals surface area contributed by atoms with Crippen molar-refractivity contribution in [1.82, 2.24) is 9.55 Å². The highest BCUT2D eigenvalue weighted by molar-refractivity contribution is 5.93. The second-order valence-corrected chi connectivity index (χ2v) is 3.67. The zero-order chi connectivity index (χ0) is 13.3. The monoisotopic (exact) mass is 247 g/mol. The molecule has 0 atom stereocenters. The first kappa shape index (κ1) is 11.8. The van der Waals surface area contributed by atoms with Gasteiger partial charge < -0.3 is 9.67 Å². The summed E-state index contributed by atoms with van der Waals surface area (Å²) in [5.74, 6) is -1.33. The highest BCUT2D eigenvalue weighted by Crippen LogP contribution is 2.22. The fourth-order valence-electron chi connectivity index (χ4n) is 1.64. The number of benzene rings is 1. The van der Waals surface area contributed by atoms with Crippen LogP contribution in [0.15, 0.2) is 30.7 Å². The second kappa shape index (κ2) is 4.28. The SMILES string of the molecule is Cc1cncn1-c1ccc([N+](=O)[O-])c(C(=O)O)c1. The van der Waals surface area contributed by atoms with Crippen LogP contribution in [0.4, 0.5) is 5.69 Å². The molecule has 0 spiro atoms. The Morgan fingerprint density at radius 2 is 2.22 bits per heavy atom. The molecule has 1 aromatic carbocycles. The van der Waals surface area contributed by atoms with Gasteiger partial charge in [0.2, 0.25) is 0 Å². The molecule has 92 valence electrons. The number of nitro benzene ring substituents is 1. The van der Waals surface area contributed by atoms with Crippen molar-refractivity contribution in [2.45, 2.75) is 6.92 Å². The Balaban J connectivity index is 2.60. The lowest BCUT2D eigenvalue weighted by molar-refractivity contribution is -0.385. The van der Waals surface area contributed by atoms with E-state index in [0.717, 1.165) is 5.69 Å². The summed E-state index contributed by atoms with van der Waals surface area (Å²) in [6.07, 6.45) is 3.13. The molecule has 2 rings (SSSR count). The predicted molar refractivity (Wildman–Crippen MR) is 61.9 cm³/mol. The zero-order valence-electron chi connectivity index (χ0n) is 9.40. The third-order valence-corrected chi connectivity index (χ3v) is 2.51. The number of imidazole rings is 1. The molecule has 0 radical (unpaired) electrons. The Kier molecular flexibility index (Phi) is 2.80. The molecule has 0 aliphatic heterocycles. The molecule has 1 heterocycles. The number of carbonyl (C=O) groups is 1. The smallest absolute Gasteiger partial charge is 0.342 e. The van der Waals surface area contributed by atoms with E-state index in [1.54, 1.807) is 17.7 Å². The maximum Gasteiger partial charge on any atom is 0.342 e. The first-order valence-corrected chi connectivity index (χ1v) is 5.02. The number of carboxylic acids is 1. The van der Waals surface area contributed by atoms with E-state index in [-0.39, 0.29) is 5.56 Å². The van der Waals surface area contributed by atoms with Crippen LogP contribution in [-0.2, 0) is 0 Å². The molecule has 0 saturated carbocycles. The number of nitrogens with zero attached hydrogens (tertiary/aromatic N) is 3. The summed E-state index contributed by atoms with van der Waals surface area (Å²) < 4.78 is 1.65. The minimum atomic E-state index is -1.33. The van der Waals surface area contributed by atoms with Crippen LogP contribution in [0, 0.1) is 17.0 Å². The highest BCUT2D eigenvalue weighted by Gasteiger charge is 2.20. The third-order valence-electron chi connectivity index (χ3n) is 2.51. The summed E-state index contributed by atoms with van der Waals surface area (Å²) in [4.78, 5) is 24.9. The molecule has 18 heavy (non-hydrogen) atoms. The van der Waals surface area contributed by atoms with Crippen molar-refractivity contribution in [3.63, 3.8) is 0 Å². The summed E-state index contributed by atoms with van der Waals surface area (Å²) in [5, 5.41) is 19.7. The molecular weight excluding hydrogens is 238 g/mol. The van der Waals surface area contributed by atoms with Gasteiger partial charge in [-0.15, -0.1) is 0 Å². The molecule has 0 aliphatic carbocycles. The molecule has 7 heteroatoms. The van der Waals surface area contributed by atoms with Gasteiger partial charge in [0, 0.05) is 23.6 Å². The zero-order valence-corrected chi connectivity index (χ0v) is 9.40. The van der Waals surface area contributed by atoms with E-state index >= 15 is 0 Å². The molecule has 0 unspecified atom stereocenters. The van der Waals surface area contributed by atoms with Gasteiger partial charge in [-0.2, -0.15) is 0 Å². The van der Waals surface area contributed by atoms with E-state index in [1.165, 1.54) is 24.5 Å². The van der Waals surface area contributed by atoms with Crippen LogP contribution in [-0.4, -0.2) is 25.6 Å². The number of rotatable bonds is 3. The molecule has 7 nitrogen and oxygen atoms in total. The van der Waals surface area contributed by atoms with Gasteiger partial charge in [-0.1, -0.05) is 0 Å². The van der Waals surface area contributed by atoms with Gasteiger partial charge in [-0.05, 0) is 19.1 Å². The third kappa shape index (κ3) is 1.93. The van der Waals surface area contributed by atoms with Crippen LogP contribution in [0.2, 0.25) is 0 Å². The topological polar surface area (TPSA) is 98.3 Å². The molecule has 0 aliphatic rings. The van der Waals surface area contributed by atoms with Crippen LogP contribution in [0.25, 0.3) is 5.69 Å². The Morgan fingerprint density at radius 3 is 2.72 bits per heavy atom. The number of hydrogen-bond donors (Lipinski definition) is 1. The number of hydrogen-bond acceptors (Lipinski definition) is 4. The molecule has 1 N–H and O–H groups in total. The standard InChI is InChI=1S/C11H9N3O4/c1-7-5-12-6-13(7)8-2-3-10(14(17)18)9(4-8)11(15)16/h2-6H,1H3,(H,15,16). The van der Waals surface area contributed by atoms with E-state index in [4.69, 9.17) is 5.11 Å². The van der Waals surface area contributed by atoms with Crippen molar-refractivity contribution in [3.8, 4) is 5.69 Å². The van der Waals surface area contributed by atoms with Crippen molar-refractivity contribution >= 4 is 11.7 Å². The lowest BCUT2D eigenvalue weighted by atomic mass is 10.1. The second-order valence-electron chi connectivity index (χ2n) is 3.67. The van der Waals surface area contributed by atoms with E-state index < -0.39 is 16.6 Å². The van der Waals surface area contributed by atoms with E-state index in [2.05, 4.69) is 4.98 Å². The fourth-order valence-corrected chi connectivity index (χ4v) is 1.64. The maximum absolute atomic E-state index is 11.0. The minimum Gasteiger partial charge on any atom is -0.477 e. The van der Waals surface area contributed by atoms with Gasteiger partial charge in [-0.3, -0.25) is 10.1 Å². The van der Waals surface area contributed by atoms with Crippen LogP contribution >= 0.6 is 0 Å². The molecule has 0 amide bonds. The summed E-state index contributed by atoms with van der Waals surface area (Å²) in [5.41, 5.74) is 0.558. The summed E-state index contributed by atoms with van der Waals surface area (Å²) >= 11 is 0. The first-order valence-electron chi connectivity index (χ1n) is 5.02. The molecule has 2 aromatic rings. The Hall–Kier alpha value is -2.70. The van der Waals surface area contributed by atoms with Crippen molar-refractivity contribution in [1.29, 1.82) is 0 Å². The van der Waals surface area contributed by atoms with Gasteiger partial charge in [0.25, 0.3) is 5.69 Å². The van der Waals surface area contributed by atoms with Gasteiger partial charge in [0.15, 0.2) is 0 Å². The van der Waals surface area contributed by atoms with E-state index in [1.807, 2.05) is 0 Å². The van der Waals surface area contributed by atoms with Crippen LogP contribution < -0.4 is 0 Å². The molecule has 0 bridgehead atoms. The number of aromatic carboxylic acids is 1. The Bertz CT molecular complexity index is 633. The van der Waals surface area contributed by atoms with Crippen molar-refractivity contribution in [2.75, 3.05) is 0 Å². The largest absolute Gasteiger partial charge is 0.477 e. The van der Waals surface area contributed by atoms with Crippen LogP contribution in [0.3, 0.4) is 0 Å². The quantitative estimate of drug-likeness (QED) is 0.658. The van der Waals surface area contributed by atoms with E-state index in [9.17, 15) is 14.9 Å². The maximum atomic E-state index is 11.0. The average Bonchev–Trinajstić information content (AvgIpc) is 2.74.